The number of rotatable bonds is 9. The van der Waals surface area contributed by atoms with E-state index in [9.17, 15) is 14.7 Å². The number of carbonyl (C=O) groups is 2. The maximum atomic E-state index is 13.2. The molecule has 8 nitrogen and oxygen atoms in total. The molecule has 1 atom stereocenters. The van der Waals surface area contributed by atoms with Gasteiger partial charge < -0.3 is 29.0 Å². The molecule has 1 fully saturated rings. The highest BCUT2D eigenvalue weighted by atomic mass is 16.6. The summed E-state index contributed by atoms with van der Waals surface area (Å²) in [6.45, 7) is 6.09. The molecule has 2 aliphatic heterocycles. The summed E-state index contributed by atoms with van der Waals surface area (Å²) in [6, 6.07) is 11.5. The third-order valence-corrected chi connectivity index (χ3v) is 6.03. The van der Waals surface area contributed by atoms with Crippen LogP contribution in [0.25, 0.3) is 5.76 Å². The van der Waals surface area contributed by atoms with E-state index in [1.807, 2.05) is 24.3 Å². The number of benzene rings is 2. The van der Waals surface area contributed by atoms with Gasteiger partial charge in [-0.15, -0.1) is 0 Å². The first-order chi connectivity index (χ1) is 16.9. The number of ether oxygens (including phenoxy) is 4. The van der Waals surface area contributed by atoms with Crippen molar-refractivity contribution < 1.29 is 33.6 Å². The summed E-state index contributed by atoms with van der Waals surface area (Å²) in [5.41, 5.74) is 1.05. The van der Waals surface area contributed by atoms with Crippen LogP contribution < -0.4 is 14.2 Å². The number of fused-ring (bicyclic) bond motifs is 1. The molecule has 1 N–H and O–H groups in total. The molecule has 8 heteroatoms. The third-order valence-electron chi connectivity index (χ3n) is 6.03. The maximum Gasteiger partial charge on any atom is 0.295 e. The Kier molecular flexibility index (Phi) is 7.60. The standard InChI is InChI=1S/C27H31NO7/c1-17(2)9-11-33-20-6-4-5-18(15-20)24-23(26(30)27(31)28(24)10-12-32-3)25(29)19-7-8-21-22(16-19)35-14-13-34-21/h4-8,15-17,24,29H,9-14H2,1-3H3/b25-23-. The first kappa shape index (κ1) is 24.6. The molecule has 0 bridgehead atoms. The van der Waals surface area contributed by atoms with E-state index in [1.54, 1.807) is 18.2 Å². The van der Waals surface area contributed by atoms with Crippen molar-refractivity contribution in [3.8, 4) is 17.2 Å². The van der Waals surface area contributed by atoms with Crippen molar-refractivity contribution in [2.45, 2.75) is 26.3 Å². The molecule has 2 aromatic carbocycles. The van der Waals surface area contributed by atoms with Crippen LogP contribution in [0.4, 0.5) is 0 Å². The molecule has 2 aliphatic rings. The minimum absolute atomic E-state index is 0.0158. The molecule has 0 aliphatic carbocycles. The number of nitrogens with zero attached hydrogens (tertiary/aromatic N) is 1. The Morgan fingerprint density at radius 1 is 1.09 bits per heavy atom. The van der Waals surface area contributed by atoms with Crippen LogP contribution in [0.2, 0.25) is 0 Å². The van der Waals surface area contributed by atoms with Gasteiger partial charge in [-0.05, 0) is 48.2 Å². The van der Waals surface area contributed by atoms with E-state index < -0.39 is 17.7 Å². The number of likely N-dealkylation sites (tertiary alicyclic amines) is 1. The monoisotopic (exact) mass is 481 g/mol. The molecule has 2 aromatic rings. The van der Waals surface area contributed by atoms with Gasteiger partial charge in [-0.3, -0.25) is 9.59 Å². The van der Waals surface area contributed by atoms with Crippen molar-refractivity contribution in [1.82, 2.24) is 4.90 Å². The van der Waals surface area contributed by atoms with Crippen LogP contribution in [0.5, 0.6) is 17.2 Å². The van der Waals surface area contributed by atoms with E-state index in [0.717, 1.165) is 6.42 Å². The second-order valence-corrected chi connectivity index (χ2v) is 8.95. The Labute approximate surface area is 205 Å². The zero-order chi connectivity index (χ0) is 24.9. The summed E-state index contributed by atoms with van der Waals surface area (Å²) >= 11 is 0. The van der Waals surface area contributed by atoms with Crippen LogP contribution in [0, 0.1) is 5.92 Å². The van der Waals surface area contributed by atoms with Gasteiger partial charge in [0.2, 0.25) is 0 Å². The Bertz CT molecular complexity index is 1120. The van der Waals surface area contributed by atoms with Gasteiger partial charge in [0, 0.05) is 19.2 Å². The number of aliphatic hydroxyl groups is 1. The second-order valence-electron chi connectivity index (χ2n) is 8.95. The van der Waals surface area contributed by atoms with Crippen LogP contribution >= 0.6 is 0 Å². The summed E-state index contributed by atoms with van der Waals surface area (Å²) in [5, 5.41) is 11.3. The molecule has 1 unspecified atom stereocenters. The highest BCUT2D eigenvalue weighted by Crippen LogP contribution is 2.41. The first-order valence-electron chi connectivity index (χ1n) is 11.8. The van der Waals surface area contributed by atoms with Crippen molar-refractivity contribution in [1.29, 1.82) is 0 Å². The van der Waals surface area contributed by atoms with Crippen molar-refractivity contribution in [3.05, 3.63) is 59.2 Å². The lowest BCUT2D eigenvalue weighted by Gasteiger charge is -2.25. The fourth-order valence-corrected chi connectivity index (χ4v) is 4.18. The van der Waals surface area contributed by atoms with Gasteiger partial charge in [-0.25, -0.2) is 0 Å². The molecule has 0 radical (unpaired) electrons. The van der Waals surface area contributed by atoms with E-state index in [-0.39, 0.29) is 24.5 Å². The summed E-state index contributed by atoms with van der Waals surface area (Å²) in [6.07, 6.45) is 0.903. The predicted octanol–water partition coefficient (Wildman–Crippen LogP) is 3.95. The number of Topliss-reactive ketones (excluding diaryl/α,β-unsaturated/α-hetero) is 1. The minimum atomic E-state index is -0.785. The van der Waals surface area contributed by atoms with Crippen LogP contribution in [0.3, 0.4) is 0 Å². The smallest absolute Gasteiger partial charge is 0.295 e. The van der Waals surface area contributed by atoms with E-state index in [1.165, 1.54) is 12.0 Å². The summed E-state index contributed by atoms with van der Waals surface area (Å²) in [4.78, 5) is 27.6. The quantitative estimate of drug-likeness (QED) is 0.329. The number of methoxy groups -OCH3 is 1. The predicted molar refractivity (Wildman–Crippen MR) is 130 cm³/mol. The lowest BCUT2D eigenvalue weighted by molar-refractivity contribution is -0.140. The number of carbonyl (C=O) groups excluding carboxylic acids is 2. The average molecular weight is 482 g/mol. The molecule has 0 saturated carbocycles. The Morgan fingerprint density at radius 3 is 2.60 bits per heavy atom. The molecule has 2 heterocycles. The number of aliphatic hydroxyl groups excluding tert-OH is 1. The van der Waals surface area contributed by atoms with Crippen molar-refractivity contribution in [2.24, 2.45) is 5.92 Å². The zero-order valence-electron chi connectivity index (χ0n) is 20.3. The number of amides is 1. The summed E-state index contributed by atoms with van der Waals surface area (Å²) in [5.74, 6) is 0.491. The number of hydrogen-bond donors (Lipinski definition) is 1. The number of hydrogen-bond acceptors (Lipinski definition) is 7. The fraction of sp³-hybridized carbons (Fsp3) is 0.407. The van der Waals surface area contributed by atoms with Gasteiger partial charge in [0.15, 0.2) is 11.5 Å². The largest absolute Gasteiger partial charge is 0.507 e. The highest BCUT2D eigenvalue weighted by Gasteiger charge is 2.46. The first-order valence-corrected chi connectivity index (χ1v) is 11.8. The number of ketones is 1. The molecule has 0 spiro atoms. The van der Waals surface area contributed by atoms with Gasteiger partial charge in [0.05, 0.1) is 24.8 Å². The minimum Gasteiger partial charge on any atom is -0.507 e. The Balaban J connectivity index is 1.75. The molecular formula is C27H31NO7. The molecule has 1 saturated heterocycles. The van der Waals surface area contributed by atoms with Crippen LogP contribution in [-0.2, 0) is 14.3 Å². The lowest BCUT2D eigenvalue weighted by Crippen LogP contribution is -2.32. The van der Waals surface area contributed by atoms with E-state index in [4.69, 9.17) is 18.9 Å². The Hall–Kier alpha value is -3.52. The molecular weight excluding hydrogens is 450 g/mol. The summed E-state index contributed by atoms with van der Waals surface area (Å²) < 4.78 is 22.3. The van der Waals surface area contributed by atoms with E-state index >= 15 is 0 Å². The third kappa shape index (κ3) is 5.27. The van der Waals surface area contributed by atoms with Gasteiger partial charge in [-0.2, -0.15) is 0 Å². The second kappa shape index (κ2) is 10.8. The van der Waals surface area contributed by atoms with Gasteiger partial charge in [0.25, 0.3) is 11.7 Å². The topological polar surface area (TPSA) is 94.5 Å². The van der Waals surface area contributed by atoms with Crippen LogP contribution in [-0.4, -0.2) is 61.8 Å². The van der Waals surface area contributed by atoms with Crippen molar-refractivity contribution >= 4 is 17.4 Å². The normalized spacial score (nSPS) is 18.9. The molecule has 186 valence electrons. The van der Waals surface area contributed by atoms with Gasteiger partial charge >= 0.3 is 0 Å². The highest BCUT2D eigenvalue weighted by molar-refractivity contribution is 6.46. The van der Waals surface area contributed by atoms with Crippen LogP contribution in [0.1, 0.15) is 37.4 Å². The average Bonchev–Trinajstić information content (AvgIpc) is 3.11. The fourth-order valence-electron chi connectivity index (χ4n) is 4.18. The van der Waals surface area contributed by atoms with Crippen LogP contribution in [0.15, 0.2) is 48.0 Å². The van der Waals surface area contributed by atoms with Gasteiger partial charge in [0.1, 0.15) is 24.7 Å². The Morgan fingerprint density at radius 2 is 1.86 bits per heavy atom. The van der Waals surface area contributed by atoms with E-state index in [0.29, 0.717) is 54.1 Å². The maximum absolute atomic E-state index is 13.2. The van der Waals surface area contributed by atoms with Crippen molar-refractivity contribution in [2.75, 3.05) is 40.1 Å². The molecule has 0 aromatic heterocycles. The zero-order valence-corrected chi connectivity index (χ0v) is 20.3. The molecule has 1 amide bonds. The SMILES string of the molecule is COCCN1C(=O)C(=O)/C(=C(\O)c2ccc3c(c2)OCCO3)C1c1cccc(OCCC(C)C)c1. The van der Waals surface area contributed by atoms with E-state index in [2.05, 4.69) is 13.8 Å². The molecule has 4 rings (SSSR count). The summed E-state index contributed by atoms with van der Waals surface area (Å²) in [7, 11) is 1.53. The lowest BCUT2D eigenvalue weighted by atomic mass is 9.95. The van der Waals surface area contributed by atoms with Gasteiger partial charge in [-0.1, -0.05) is 26.0 Å². The molecule has 35 heavy (non-hydrogen) atoms. The van der Waals surface area contributed by atoms with Crippen molar-refractivity contribution in [3.63, 3.8) is 0 Å².